The number of alkyl halides is 9. The van der Waals surface area contributed by atoms with E-state index < -0.39 is 68.1 Å². The van der Waals surface area contributed by atoms with E-state index in [1.165, 1.54) is 13.8 Å². The van der Waals surface area contributed by atoms with Gasteiger partial charge in [0.15, 0.2) is 0 Å². The number of nitrogens with one attached hydrogen (secondary N) is 2. The zero-order chi connectivity index (χ0) is 27.3. The van der Waals surface area contributed by atoms with E-state index in [-0.39, 0.29) is 0 Å². The molecule has 35 heavy (non-hydrogen) atoms. The van der Waals surface area contributed by atoms with Gasteiger partial charge in [-0.1, -0.05) is 12.1 Å². The Balaban J connectivity index is 2.40. The van der Waals surface area contributed by atoms with Gasteiger partial charge < -0.3 is 9.47 Å². The van der Waals surface area contributed by atoms with Crippen LogP contribution in [0.3, 0.4) is 0 Å². The van der Waals surface area contributed by atoms with Gasteiger partial charge in [-0.05, 0) is 12.1 Å². The summed E-state index contributed by atoms with van der Waals surface area (Å²) in [5, 5.41) is -3.77. The summed E-state index contributed by atoms with van der Waals surface area (Å²) < 4.78 is 152. The average molecular weight is 545 g/mol. The highest BCUT2D eigenvalue weighted by Crippen LogP contribution is 2.54. The van der Waals surface area contributed by atoms with Gasteiger partial charge in [0, 0.05) is 13.8 Å². The van der Waals surface area contributed by atoms with E-state index >= 15 is 0 Å². The Morgan fingerprint density at radius 1 is 0.829 bits per heavy atom. The van der Waals surface area contributed by atoms with Gasteiger partial charge in [0.2, 0.25) is 0 Å². The smallest absolute Gasteiger partial charge is 0.418 e. The number of rotatable bonds is 7. The van der Waals surface area contributed by atoms with Crippen molar-refractivity contribution in [1.82, 2.24) is 0 Å². The Labute approximate surface area is 189 Å². The highest BCUT2D eigenvalue weighted by Gasteiger charge is 2.85. The van der Waals surface area contributed by atoms with Crippen molar-refractivity contribution in [3.8, 4) is 0 Å². The Morgan fingerprint density at radius 2 is 1.29 bits per heavy atom. The predicted molar refractivity (Wildman–Crippen MR) is 97.2 cm³/mol. The number of hydrogen-bond acceptors (Lipinski definition) is 8. The molecule has 1 aromatic carbocycles. The van der Waals surface area contributed by atoms with Gasteiger partial charge in [-0.15, -0.1) is 0 Å². The number of hydrogen-bond donors (Lipinski definition) is 2. The fraction of sp³-hybridized carbons (Fsp3) is 0.438. The topological polar surface area (TPSA) is 123 Å². The normalized spacial score (nSPS) is 17.4. The van der Waals surface area contributed by atoms with E-state index in [0.717, 1.165) is 22.9 Å². The number of sulfonamides is 1. The van der Waals surface area contributed by atoms with Crippen molar-refractivity contribution in [2.75, 3.05) is 10.1 Å². The first-order chi connectivity index (χ1) is 15.6. The number of hydrazone groups is 1. The molecule has 1 aliphatic rings. The van der Waals surface area contributed by atoms with Crippen molar-refractivity contribution >= 4 is 39.0 Å². The number of benzene rings is 1. The molecular weight excluding hydrogens is 533 g/mol. The molecule has 19 heteroatoms. The maximum absolute atomic E-state index is 13.9. The van der Waals surface area contributed by atoms with Crippen molar-refractivity contribution in [2.24, 2.45) is 5.10 Å². The molecule has 1 heterocycles. The second-order valence-corrected chi connectivity index (χ2v) is 8.79. The standard InChI is InChI=1S/C16H12F9N3O6S/c1-12(2)33-10(29)9(11(30)34-12)27-26-7-5-3-4-6-8(7)28-35(31,32)16(24,25)14(19,20)13(17,18)15(21,22)23/h3-6,26,28H,1-2H3. The second-order valence-electron chi connectivity index (χ2n) is 7.07. The minimum Gasteiger partial charge on any atom is -0.418 e. The zero-order valence-electron chi connectivity index (χ0n) is 17.0. The second kappa shape index (κ2) is 8.45. The van der Waals surface area contributed by atoms with Crippen molar-refractivity contribution in [2.45, 2.75) is 42.9 Å². The minimum atomic E-state index is -7.45. The number of carbonyl (C=O) groups excluding carboxylic acids is 2. The summed E-state index contributed by atoms with van der Waals surface area (Å²) in [7, 11) is -7.00. The molecule has 0 spiro atoms. The van der Waals surface area contributed by atoms with Gasteiger partial charge in [-0.2, -0.15) is 53.0 Å². The fourth-order valence-corrected chi connectivity index (χ4v) is 3.32. The number of carbonyl (C=O) groups is 2. The molecule has 1 aromatic rings. The predicted octanol–water partition coefficient (Wildman–Crippen LogP) is 3.46. The summed E-state index contributed by atoms with van der Waals surface area (Å²) in [5.74, 6) is -19.3. The first kappa shape index (κ1) is 28.0. The fourth-order valence-electron chi connectivity index (χ4n) is 2.26. The molecule has 0 saturated carbocycles. The summed E-state index contributed by atoms with van der Waals surface area (Å²) in [6.45, 7) is 2.35. The lowest BCUT2D eigenvalue weighted by molar-refractivity contribution is -0.382. The molecule has 0 amide bonds. The van der Waals surface area contributed by atoms with Crippen LogP contribution in [-0.4, -0.2) is 55.1 Å². The Kier molecular flexibility index (Phi) is 6.76. The van der Waals surface area contributed by atoms with Crippen LogP contribution in [0.25, 0.3) is 0 Å². The lowest BCUT2D eigenvalue weighted by Gasteiger charge is -2.33. The van der Waals surface area contributed by atoms with Crippen molar-refractivity contribution in [3.05, 3.63) is 24.3 Å². The summed E-state index contributed by atoms with van der Waals surface area (Å²) in [6.07, 6.45) is -7.23. The molecule has 2 N–H and O–H groups in total. The van der Waals surface area contributed by atoms with Gasteiger partial charge in [-0.3, -0.25) is 10.1 Å². The Bertz CT molecular complexity index is 1140. The molecule has 1 fully saturated rings. The SMILES string of the molecule is CC1(C)OC(=O)C(=NNc2ccccc2NS(=O)(=O)C(F)(F)C(F)(F)C(F)(F)C(F)(F)F)C(=O)O1. The third-order valence-electron chi connectivity index (χ3n) is 3.98. The Morgan fingerprint density at radius 3 is 1.74 bits per heavy atom. The van der Waals surface area contributed by atoms with Crippen LogP contribution < -0.4 is 10.1 Å². The third-order valence-corrected chi connectivity index (χ3v) is 5.40. The molecule has 9 nitrogen and oxygen atoms in total. The van der Waals surface area contributed by atoms with Crippen LogP contribution in [0.2, 0.25) is 0 Å². The number of anilines is 2. The lowest BCUT2D eigenvalue weighted by Crippen LogP contribution is -2.64. The van der Waals surface area contributed by atoms with E-state index in [2.05, 4.69) is 14.6 Å². The van der Waals surface area contributed by atoms with Crippen LogP contribution in [0.5, 0.6) is 0 Å². The molecule has 0 radical (unpaired) electrons. The van der Waals surface area contributed by atoms with Crippen LogP contribution in [0, 0.1) is 0 Å². The first-order valence-corrected chi connectivity index (χ1v) is 10.2. The number of esters is 2. The largest absolute Gasteiger partial charge is 0.460 e. The van der Waals surface area contributed by atoms with E-state index in [9.17, 15) is 57.5 Å². The highest BCUT2D eigenvalue weighted by atomic mass is 32.2. The van der Waals surface area contributed by atoms with Crippen LogP contribution >= 0.6 is 0 Å². The molecular formula is C16H12F9N3O6S. The minimum absolute atomic E-state index is 0.580. The molecule has 1 saturated heterocycles. The van der Waals surface area contributed by atoms with Gasteiger partial charge in [-0.25, -0.2) is 9.59 Å². The van der Waals surface area contributed by atoms with Crippen LogP contribution in [0.1, 0.15) is 13.8 Å². The summed E-state index contributed by atoms with van der Waals surface area (Å²) in [6, 6.07) is 3.36. The number of nitrogens with zero attached hydrogens (tertiary/aromatic N) is 1. The van der Waals surface area contributed by atoms with E-state index in [0.29, 0.717) is 6.07 Å². The van der Waals surface area contributed by atoms with Crippen molar-refractivity contribution in [3.63, 3.8) is 0 Å². The number of ether oxygens (including phenoxy) is 2. The first-order valence-electron chi connectivity index (χ1n) is 8.69. The maximum Gasteiger partial charge on any atom is 0.460 e. The molecule has 0 atom stereocenters. The molecule has 0 aromatic heterocycles. The highest BCUT2D eigenvalue weighted by molar-refractivity contribution is 7.93. The Hall–Kier alpha value is -3.25. The van der Waals surface area contributed by atoms with Gasteiger partial charge in [0.05, 0.1) is 11.4 Å². The maximum atomic E-state index is 13.9. The van der Waals surface area contributed by atoms with Crippen LogP contribution in [-0.2, 0) is 29.1 Å². The van der Waals surface area contributed by atoms with Crippen molar-refractivity contribution < 1.29 is 67.0 Å². The number of para-hydroxylation sites is 2. The average Bonchev–Trinajstić information content (AvgIpc) is 2.66. The third kappa shape index (κ3) is 4.94. The molecule has 0 unspecified atom stereocenters. The van der Waals surface area contributed by atoms with Crippen molar-refractivity contribution in [1.29, 1.82) is 0 Å². The molecule has 196 valence electrons. The molecule has 0 bridgehead atoms. The van der Waals surface area contributed by atoms with E-state index in [1.54, 1.807) is 0 Å². The van der Waals surface area contributed by atoms with Crippen LogP contribution in [0.15, 0.2) is 29.4 Å². The summed E-state index contributed by atoms with van der Waals surface area (Å²) >= 11 is 0. The lowest BCUT2D eigenvalue weighted by atomic mass is 10.1. The molecule has 1 aliphatic heterocycles. The summed E-state index contributed by atoms with van der Waals surface area (Å²) in [5.41, 5.74) is -1.09. The quantitative estimate of drug-likeness (QED) is 0.306. The molecule has 0 aliphatic carbocycles. The molecule has 2 rings (SSSR count). The van der Waals surface area contributed by atoms with Gasteiger partial charge in [0.1, 0.15) is 0 Å². The number of cyclic esters (lactones) is 2. The van der Waals surface area contributed by atoms with E-state index in [1.807, 2.05) is 5.43 Å². The number of halogens is 9. The van der Waals surface area contributed by atoms with Gasteiger partial charge >= 0.3 is 45.2 Å². The zero-order valence-corrected chi connectivity index (χ0v) is 17.8. The van der Waals surface area contributed by atoms with E-state index in [4.69, 9.17) is 0 Å². The summed E-state index contributed by atoms with van der Waals surface area (Å²) in [4.78, 5) is 23.6. The monoisotopic (exact) mass is 545 g/mol. The van der Waals surface area contributed by atoms with Gasteiger partial charge in [0.25, 0.3) is 11.5 Å². The van der Waals surface area contributed by atoms with Crippen LogP contribution in [0.4, 0.5) is 50.9 Å².